The molecule has 0 aromatic heterocycles. The van der Waals surface area contributed by atoms with Crippen LogP contribution in [0.25, 0.3) is 0 Å². The summed E-state index contributed by atoms with van der Waals surface area (Å²) in [7, 11) is 0. The van der Waals surface area contributed by atoms with Crippen molar-refractivity contribution in [1.29, 1.82) is 5.26 Å². The van der Waals surface area contributed by atoms with E-state index in [2.05, 4.69) is 4.74 Å². The van der Waals surface area contributed by atoms with Gasteiger partial charge in [0.25, 0.3) is 0 Å². The van der Waals surface area contributed by atoms with Crippen molar-refractivity contribution >= 4 is 5.97 Å². The molecular weight excluding hydrogens is 234 g/mol. The average Bonchev–Trinajstić information content (AvgIpc) is 2.37. The van der Waals surface area contributed by atoms with Crippen LogP contribution in [-0.2, 0) is 9.53 Å². The summed E-state index contributed by atoms with van der Waals surface area (Å²) in [5.41, 5.74) is 1.29. The molecule has 0 fully saturated rings. The second-order valence-corrected chi connectivity index (χ2v) is 3.84. The number of esters is 1. The molecule has 1 aromatic carbocycles. The van der Waals surface area contributed by atoms with Crippen molar-refractivity contribution < 1.29 is 19.7 Å². The van der Waals surface area contributed by atoms with Crippen molar-refractivity contribution in [1.82, 2.24) is 0 Å². The molecule has 0 radical (unpaired) electrons. The van der Waals surface area contributed by atoms with Gasteiger partial charge in [-0.15, -0.1) is 0 Å². The number of nitriles is 1. The fraction of sp³-hybridized carbons (Fsp3) is 0.385. The molecule has 18 heavy (non-hydrogen) atoms. The van der Waals surface area contributed by atoms with Gasteiger partial charge in [-0.1, -0.05) is 12.1 Å². The van der Waals surface area contributed by atoms with E-state index >= 15 is 0 Å². The van der Waals surface area contributed by atoms with E-state index in [0.717, 1.165) is 5.56 Å². The highest BCUT2D eigenvalue weighted by Gasteiger charge is 2.28. The lowest BCUT2D eigenvalue weighted by Crippen LogP contribution is -2.30. The first kappa shape index (κ1) is 14.2. The third-order valence-electron chi connectivity index (χ3n) is 2.48. The first-order chi connectivity index (χ1) is 8.51. The van der Waals surface area contributed by atoms with Gasteiger partial charge >= 0.3 is 5.97 Å². The van der Waals surface area contributed by atoms with E-state index in [0.29, 0.717) is 0 Å². The summed E-state index contributed by atoms with van der Waals surface area (Å²) in [6, 6.07) is 6.71. The highest BCUT2D eigenvalue weighted by Crippen LogP contribution is 2.22. The number of nitrogens with zero attached hydrogens (tertiary/aromatic N) is 1. The lowest BCUT2D eigenvalue weighted by molar-refractivity contribution is -0.159. The third-order valence-corrected chi connectivity index (χ3v) is 2.48. The Morgan fingerprint density at radius 3 is 2.72 bits per heavy atom. The summed E-state index contributed by atoms with van der Waals surface area (Å²) in [5.74, 6) is -0.908. The molecule has 0 saturated heterocycles. The van der Waals surface area contributed by atoms with Crippen molar-refractivity contribution in [3.05, 3.63) is 34.9 Å². The molecule has 0 amide bonds. The Morgan fingerprint density at radius 2 is 2.17 bits per heavy atom. The van der Waals surface area contributed by atoms with E-state index in [-0.39, 0.29) is 17.7 Å². The molecule has 0 aliphatic rings. The lowest BCUT2D eigenvalue weighted by atomic mass is 9.97. The van der Waals surface area contributed by atoms with Crippen LogP contribution >= 0.6 is 0 Å². The van der Waals surface area contributed by atoms with Crippen molar-refractivity contribution in [2.75, 3.05) is 6.61 Å². The number of aryl methyl sites for hydroxylation is 1. The molecule has 0 aliphatic carbocycles. The number of carbonyl (C=O) groups excluding carboxylic acids is 1. The summed E-state index contributed by atoms with van der Waals surface area (Å²) in [4.78, 5) is 11.3. The van der Waals surface area contributed by atoms with Crippen LogP contribution in [0.4, 0.5) is 0 Å². The van der Waals surface area contributed by atoms with Gasteiger partial charge in [0.05, 0.1) is 18.2 Å². The second-order valence-electron chi connectivity index (χ2n) is 3.84. The number of benzene rings is 1. The molecule has 5 nitrogen and oxygen atoms in total. The Hall–Kier alpha value is -1.90. The van der Waals surface area contributed by atoms with Crippen molar-refractivity contribution in [2.45, 2.75) is 26.1 Å². The molecule has 0 heterocycles. The fourth-order valence-electron chi connectivity index (χ4n) is 1.55. The van der Waals surface area contributed by atoms with Crippen molar-refractivity contribution in [3.63, 3.8) is 0 Å². The monoisotopic (exact) mass is 249 g/mol. The maximum atomic E-state index is 11.3. The van der Waals surface area contributed by atoms with Crippen LogP contribution in [-0.4, -0.2) is 28.9 Å². The molecule has 2 unspecified atom stereocenters. The van der Waals surface area contributed by atoms with Crippen LogP contribution in [0.15, 0.2) is 18.2 Å². The van der Waals surface area contributed by atoms with Gasteiger partial charge < -0.3 is 14.9 Å². The average molecular weight is 249 g/mol. The largest absolute Gasteiger partial charge is 0.464 e. The second kappa shape index (κ2) is 6.15. The predicted molar refractivity (Wildman–Crippen MR) is 63.5 cm³/mol. The molecule has 0 aliphatic heterocycles. The summed E-state index contributed by atoms with van der Waals surface area (Å²) in [6.45, 7) is 3.52. The molecule has 0 spiro atoms. The molecule has 2 atom stereocenters. The normalized spacial score (nSPS) is 13.5. The van der Waals surface area contributed by atoms with E-state index in [4.69, 9.17) is 5.26 Å². The summed E-state index contributed by atoms with van der Waals surface area (Å²) >= 11 is 0. The van der Waals surface area contributed by atoms with Gasteiger partial charge in [-0.05, 0) is 25.5 Å². The third kappa shape index (κ3) is 3.06. The first-order valence-corrected chi connectivity index (χ1v) is 5.54. The van der Waals surface area contributed by atoms with Crippen molar-refractivity contribution in [3.8, 4) is 6.07 Å². The van der Waals surface area contributed by atoms with Gasteiger partial charge in [0.15, 0.2) is 6.10 Å². The van der Waals surface area contributed by atoms with E-state index in [1.807, 2.05) is 6.07 Å². The standard InChI is InChI=1S/C13H15NO4/c1-3-18-13(17)12(16)11(15)10-5-4-8(2)6-9(10)7-14/h4-6,11-12,15-16H,3H2,1-2H3. The van der Waals surface area contributed by atoms with Crippen LogP contribution in [0.2, 0.25) is 0 Å². The van der Waals surface area contributed by atoms with Crippen LogP contribution in [0.1, 0.15) is 29.7 Å². The van der Waals surface area contributed by atoms with Gasteiger partial charge in [0.1, 0.15) is 6.10 Å². The Labute approximate surface area is 105 Å². The Morgan fingerprint density at radius 1 is 1.50 bits per heavy atom. The molecular formula is C13H15NO4. The van der Waals surface area contributed by atoms with Gasteiger partial charge in [-0.3, -0.25) is 0 Å². The minimum Gasteiger partial charge on any atom is -0.464 e. The fourth-order valence-corrected chi connectivity index (χ4v) is 1.55. The van der Waals surface area contributed by atoms with Crippen LogP contribution in [0.3, 0.4) is 0 Å². The van der Waals surface area contributed by atoms with Crippen LogP contribution in [0.5, 0.6) is 0 Å². The molecule has 1 aromatic rings. The maximum absolute atomic E-state index is 11.3. The maximum Gasteiger partial charge on any atom is 0.338 e. The SMILES string of the molecule is CCOC(=O)C(O)C(O)c1ccc(C)cc1C#N. The van der Waals surface area contributed by atoms with Crippen LogP contribution in [0, 0.1) is 18.3 Å². The number of aliphatic hydroxyl groups excluding tert-OH is 2. The highest BCUT2D eigenvalue weighted by atomic mass is 16.5. The summed E-state index contributed by atoms with van der Waals surface area (Å²) < 4.78 is 4.61. The van der Waals surface area contributed by atoms with Crippen LogP contribution < -0.4 is 0 Å². The number of aliphatic hydroxyl groups is 2. The lowest BCUT2D eigenvalue weighted by Gasteiger charge is -2.17. The minimum atomic E-state index is -1.69. The van der Waals surface area contributed by atoms with E-state index in [9.17, 15) is 15.0 Å². The van der Waals surface area contributed by atoms with E-state index in [1.54, 1.807) is 26.0 Å². The smallest absolute Gasteiger partial charge is 0.338 e. The molecule has 0 bridgehead atoms. The summed E-state index contributed by atoms with van der Waals surface area (Å²) in [6.07, 6.45) is -3.17. The molecule has 5 heteroatoms. The van der Waals surface area contributed by atoms with Gasteiger partial charge in [-0.2, -0.15) is 5.26 Å². The van der Waals surface area contributed by atoms with E-state index < -0.39 is 18.2 Å². The zero-order valence-corrected chi connectivity index (χ0v) is 10.3. The van der Waals surface area contributed by atoms with Crippen molar-refractivity contribution in [2.24, 2.45) is 0 Å². The van der Waals surface area contributed by atoms with Gasteiger partial charge in [-0.25, -0.2) is 4.79 Å². The number of hydrogen-bond donors (Lipinski definition) is 2. The topological polar surface area (TPSA) is 90.6 Å². The predicted octanol–water partition coefficient (Wildman–Crippen LogP) is 0.824. The first-order valence-electron chi connectivity index (χ1n) is 5.54. The highest BCUT2D eigenvalue weighted by molar-refractivity contribution is 5.75. The summed E-state index contributed by atoms with van der Waals surface area (Å²) in [5, 5.41) is 28.5. The number of rotatable bonds is 4. The molecule has 0 saturated carbocycles. The van der Waals surface area contributed by atoms with E-state index in [1.165, 1.54) is 6.07 Å². The number of ether oxygens (including phenoxy) is 1. The van der Waals surface area contributed by atoms with Gasteiger partial charge in [0, 0.05) is 5.56 Å². The minimum absolute atomic E-state index is 0.113. The number of carbonyl (C=O) groups is 1. The Kier molecular flexibility index (Phi) is 4.84. The molecule has 96 valence electrons. The Balaban J connectivity index is 3.00. The quantitative estimate of drug-likeness (QED) is 0.771. The molecule has 1 rings (SSSR count). The molecule has 2 N–H and O–H groups in total. The Bertz CT molecular complexity index is 478. The number of hydrogen-bond acceptors (Lipinski definition) is 5. The van der Waals surface area contributed by atoms with Gasteiger partial charge in [0.2, 0.25) is 0 Å². The zero-order chi connectivity index (χ0) is 13.7. The zero-order valence-electron chi connectivity index (χ0n) is 10.3.